The molecular weight excluding hydrogens is 216 g/mol. The first-order chi connectivity index (χ1) is 7.70. The van der Waals surface area contributed by atoms with Crippen molar-refractivity contribution in [3.63, 3.8) is 0 Å². The van der Waals surface area contributed by atoms with E-state index in [1.807, 2.05) is 6.92 Å². The van der Waals surface area contributed by atoms with Gasteiger partial charge in [-0.2, -0.15) is 0 Å². The second-order valence-electron chi connectivity index (χ2n) is 4.58. The van der Waals surface area contributed by atoms with Gasteiger partial charge in [-0.25, -0.2) is 0 Å². The van der Waals surface area contributed by atoms with Crippen LogP contribution in [0.4, 0.5) is 0 Å². The quantitative estimate of drug-likeness (QED) is 0.382. The normalized spacial score (nSPS) is 12.4. The number of ether oxygens (including phenoxy) is 1. The van der Waals surface area contributed by atoms with Gasteiger partial charge in [0, 0.05) is 6.92 Å². The van der Waals surface area contributed by atoms with E-state index in [1.165, 1.54) is 51.4 Å². The molecule has 0 aromatic heterocycles. The van der Waals surface area contributed by atoms with E-state index in [0.717, 1.165) is 6.42 Å². The molecule has 1 nitrogen and oxygen atoms in total. The van der Waals surface area contributed by atoms with Crippen molar-refractivity contribution in [2.24, 2.45) is 0 Å². The van der Waals surface area contributed by atoms with Gasteiger partial charge in [0.1, 0.15) is 0 Å². The van der Waals surface area contributed by atoms with Gasteiger partial charge in [-0.15, -0.1) is 0 Å². The fraction of sp³-hybridized carbons (Fsp3) is 0.929. The third-order valence-electron chi connectivity index (χ3n) is 2.82. The Morgan fingerprint density at radius 3 is 2.12 bits per heavy atom. The summed E-state index contributed by atoms with van der Waals surface area (Å²) in [5.41, 5.74) is 0. The third kappa shape index (κ3) is 10.4. The summed E-state index contributed by atoms with van der Waals surface area (Å²) < 4.78 is 5.65. The summed E-state index contributed by atoms with van der Waals surface area (Å²) in [7, 11) is 0. The second kappa shape index (κ2) is 11.4. The van der Waals surface area contributed by atoms with Gasteiger partial charge in [0.2, 0.25) is 0 Å². The zero-order valence-corrected chi connectivity index (χ0v) is 12.1. The van der Waals surface area contributed by atoms with Gasteiger partial charge in [-0.1, -0.05) is 52.4 Å². The highest BCUT2D eigenvalue weighted by Crippen LogP contribution is 2.14. The number of hydrogen-bond acceptors (Lipinski definition) is 2. The standard InChI is InChI=1S/C14H28OS/c1-4-6-7-8-9-10-12-14(11-5-2)15-13(3)16/h14H,4-12H2,1-3H3. The molecule has 0 aromatic carbocycles. The molecule has 0 saturated carbocycles. The smallest absolute Gasteiger partial charge is 0.157 e. The van der Waals surface area contributed by atoms with Crippen LogP contribution >= 0.6 is 12.2 Å². The molecule has 0 aliphatic heterocycles. The van der Waals surface area contributed by atoms with Crippen molar-refractivity contribution in [3.05, 3.63) is 0 Å². The van der Waals surface area contributed by atoms with Crippen LogP contribution in [0.25, 0.3) is 0 Å². The first-order valence-corrected chi connectivity index (χ1v) is 7.28. The lowest BCUT2D eigenvalue weighted by atomic mass is 10.0. The fourth-order valence-electron chi connectivity index (χ4n) is 1.97. The van der Waals surface area contributed by atoms with Crippen molar-refractivity contribution in [1.29, 1.82) is 0 Å². The van der Waals surface area contributed by atoms with Gasteiger partial charge in [0.15, 0.2) is 5.05 Å². The zero-order chi connectivity index (χ0) is 12.2. The molecule has 0 bridgehead atoms. The third-order valence-corrected chi connectivity index (χ3v) is 2.92. The minimum absolute atomic E-state index is 0.369. The Balaban J connectivity index is 3.47. The van der Waals surface area contributed by atoms with E-state index in [4.69, 9.17) is 17.0 Å². The summed E-state index contributed by atoms with van der Waals surface area (Å²) in [4.78, 5) is 0. The van der Waals surface area contributed by atoms with Crippen LogP contribution in [-0.4, -0.2) is 11.2 Å². The average molecular weight is 244 g/mol. The molecule has 0 amide bonds. The van der Waals surface area contributed by atoms with Crippen LogP contribution in [-0.2, 0) is 4.74 Å². The van der Waals surface area contributed by atoms with E-state index in [0.29, 0.717) is 11.2 Å². The number of rotatable bonds is 10. The van der Waals surface area contributed by atoms with Crippen molar-refractivity contribution >= 4 is 17.3 Å². The Morgan fingerprint density at radius 2 is 1.56 bits per heavy atom. The first kappa shape index (κ1) is 15.9. The Morgan fingerprint density at radius 1 is 0.938 bits per heavy atom. The highest BCUT2D eigenvalue weighted by molar-refractivity contribution is 7.80. The Labute approximate surface area is 107 Å². The molecule has 0 saturated heterocycles. The molecule has 0 fully saturated rings. The van der Waals surface area contributed by atoms with Crippen molar-refractivity contribution in [2.75, 3.05) is 0 Å². The number of thiocarbonyl (C=S) groups is 1. The Kier molecular flexibility index (Phi) is 11.3. The molecule has 1 unspecified atom stereocenters. The van der Waals surface area contributed by atoms with E-state index >= 15 is 0 Å². The summed E-state index contributed by atoms with van der Waals surface area (Å²) >= 11 is 5.00. The minimum atomic E-state index is 0.369. The molecule has 2 heteroatoms. The molecule has 0 spiro atoms. The van der Waals surface area contributed by atoms with Crippen LogP contribution in [0.2, 0.25) is 0 Å². The molecule has 16 heavy (non-hydrogen) atoms. The maximum atomic E-state index is 5.65. The van der Waals surface area contributed by atoms with E-state index in [2.05, 4.69) is 13.8 Å². The van der Waals surface area contributed by atoms with E-state index in [-0.39, 0.29) is 0 Å². The van der Waals surface area contributed by atoms with E-state index < -0.39 is 0 Å². The van der Waals surface area contributed by atoms with Crippen LogP contribution in [0.1, 0.15) is 78.6 Å². The van der Waals surface area contributed by atoms with E-state index in [9.17, 15) is 0 Å². The van der Waals surface area contributed by atoms with Gasteiger partial charge in [-0.05, 0) is 31.5 Å². The predicted octanol–water partition coefficient (Wildman–Crippen LogP) is 5.27. The average Bonchev–Trinajstić information content (AvgIpc) is 2.22. The number of hydrogen-bond donors (Lipinski definition) is 0. The molecule has 1 atom stereocenters. The molecule has 0 N–H and O–H groups in total. The van der Waals surface area contributed by atoms with Crippen LogP contribution in [0, 0.1) is 0 Å². The molecule has 0 rings (SSSR count). The summed E-state index contributed by atoms with van der Waals surface area (Å²) in [6.07, 6.45) is 12.0. The molecule has 96 valence electrons. The maximum Gasteiger partial charge on any atom is 0.157 e. The van der Waals surface area contributed by atoms with Crippen LogP contribution in [0.3, 0.4) is 0 Å². The van der Waals surface area contributed by atoms with E-state index in [1.54, 1.807) is 0 Å². The molecule has 0 radical (unpaired) electrons. The van der Waals surface area contributed by atoms with Gasteiger partial charge < -0.3 is 4.74 Å². The Bertz CT molecular complexity index is 168. The molecule has 0 aliphatic carbocycles. The van der Waals surface area contributed by atoms with Crippen LogP contribution in [0.5, 0.6) is 0 Å². The molecule has 0 aliphatic rings. The first-order valence-electron chi connectivity index (χ1n) is 6.87. The van der Waals surface area contributed by atoms with Crippen molar-refractivity contribution in [2.45, 2.75) is 84.7 Å². The predicted molar refractivity (Wildman–Crippen MR) is 76.0 cm³/mol. The fourth-order valence-corrected chi connectivity index (χ4v) is 2.11. The summed E-state index contributed by atoms with van der Waals surface area (Å²) in [5.74, 6) is 0. The maximum absolute atomic E-state index is 5.65. The summed E-state index contributed by atoms with van der Waals surface area (Å²) in [6.45, 7) is 6.34. The molecule has 0 aromatic rings. The second-order valence-corrected chi connectivity index (χ2v) is 5.15. The van der Waals surface area contributed by atoms with Gasteiger partial charge >= 0.3 is 0 Å². The minimum Gasteiger partial charge on any atom is -0.484 e. The monoisotopic (exact) mass is 244 g/mol. The number of unbranched alkanes of at least 4 members (excludes halogenated alkanes) is 5. The van der Waals surface area contributed by atoms with Gasteiger partial charge in [0.25, 0.3) is 0 Å². The Hall–Kier alpha value is -0.110. The topological polar surface area (TPSA) is 9.23 Å². The summed E-state index contributed by atoms with van der Waals surface area (Å²) in [5, 5.41) is 0.699. The van der Waals surface area contributed by atoms with Crippen LogP contribution in [0.15, 0.2) is 0 Å². The van der Waals surface area contributed by atoms with Gasteiger partial charge in [-0.3, -0.25) is 0 Å². The van der Waals surface area contributed by atoms with Crippen molar-refractivity contribution in [1.82, 2.24) is 0 Å². The summed E-state index contributed by atoms with van der Waals surface area (Å²) in [6, 6.07) is 0. The van der Waals surface area contributed by atoms with Crippen molar-refractivity contribution in [3.8, 4) is 0 Å². The highest BCUT2D eigenvalue weighted by atomic mass is 32.1. The molecule has 0 heterocycles. The van der Waals surface area contributed by atoms with Crippen LogP contribution < -0.4 is 0 Å². The van der Waals surface area contributed by atoms with Crippen molar-refractivity contribution < 1.29 is 4.74 Å². The molecular formula is C14H28OS. The van der Waals surface area contributed by atoms with Gasteiger partial charge in [0.05, 0.1) is 6.10 Å². The zero-order valence-electron chi connectivity index (χ0n) is 11.3. The lowest BCUT2D eigenvalue weighted by Crippen LogP contribution is -2.14. The largest absolute Gasteiger partial charge is 0.484 e. The lowest BCUT2D eigenvalue weighted by Gasteiger charge is -2.17. The SMILES string of the molecule is CCCCCCCCC(CCC)OC(C)=S. The highest BCUT2D eigenvalue weighted by Gasteiger charge is 2.08. The lowest BCUT2D eigenvalue weighted by molar-refractivity contribution is 0.166.